The summed E-state index contributed by atoms with van der Waals surface area (Å²) in [6, 6.07) is 0. The molecular weight excluding hydrogens is 234 g/mol. The summed E-state index contributed by atoms with van der Waals surface area (Å²) in [4.78, 5) is 7.89. The van der Waals surface area contributed by atoms with Crippen LogP contribution in [0.1, 0.15) is 44.9 Å². The van der Waals surface area contributed by atoms with Gasteiger partial charge in [-0.3, -0.25) is 0 Å². The molecule has 0 spiro atoms. The van der Waals surface area contributed by atoms with E-state index >= 15 is 0 Å². The Balaban J connectivity index is 1.65. The van der Waals surface area contributed by atoms with E-state index in [-0.39, 0.29) is 0 Å². The molecule has 0 radical (unpaired) electrons. The fourth-order valence-electron chi connectivity index (χ4n) is 3.40. The molecule has 3 nitrogen and oxygen atoms in total. The fourth-order valence-corrected chi connectivity index (χ4v) is 3.40. The quantitative estimate of drug-likeness (QED) is 0.777. The van der Waals surface area contributed by atoms with Crippen LogP contribution in [-0.4, -0.2) is 74.1 Å². The van der Waals surface area contributed by atoms with Gasteiger partial charge in [0.25, 0.3) is 0 Å². The highest BCUT2D eigenvalue weighted by atomic mass is 15.2. The van der Waals surface area contributed by atoms with Crippen molar-refractivity contribution in [2.24, 2.45) is 0 Å². The monoisotopic (exact) mass is 267 g/mol. The van der Waals surface area contributed by atoms with Crippen LogP contribution in [0.3, 0.4) is 0 Å². The third kappa shape index (κ3) is 6.24. The van der Waals surface area contributed by atoms with Crippen molar-refractivity contribution in [2.45, 2.75) is 44.9 Å². The zero-order chi connectivity index (χ0) is 13.3. The van der Waals surface area contributed by atoms with Gasteiger partial charge < -0.3 is 14.7 Å². The molecule has 0 aromatic rings. The lowest BCUT2D eigenvalue weighted by molar-refractivity contribution is 0.166. The van der Waals surface area contributed by atoms with Crippen molar-refractivity contribution in [3.63, 3.8) is 0 Å². The Kier molecular flexibility index (Phi) is 7.18. The zero-order valence-electron chi connectivity index (χ0n) is 12.9. The van der Waals surface area contributed by atoms with Crippen molar-refractivity contribution in [2.75, 3.05) is 59.4 Å². The molecule has 0 atom stereocenters. The number of rotatable bonds is 3. The van der Waals surface area contributed by atoms with E-state index < -0.39 is 0 Å². The number of hydrogen-bond acceptors (Lipinski definition) is 3. The van der Waals surface area contributed by atoms with Gasteiger partial charge in [0, 0.05) is 13.1 Å². The van der Waals surface area contributed by atoms with Crippen molar-refractivity contribution < 1.29 is 0 Å². The molecule has 2 fully saturated rings. The van der Waals surface area contributed by atoms with Gasteiger partial charge in [-0.2, -0.15) is 0 Å². The summed E-state index contributed by atoms with van der Waals surface area (Å²) in [5.41, 5.74) is 0. The van der Waals surface area contributed by atoms with Crippen LogP contribution in [0, 0.1) is 0 Å². The summed E-state index contributed by atoms with van der Waals surface area (Å²) in [5, 5.41) is 0. The van der Waals surface area contributed by atoms with E-state index in [0.29, 0.717) is 0 Å². The third-order valence-corrected chi connectivity index (χ3v) is 4.71. The Hall–Kier alpha value is -0.120. The molecule has 2 saturated heterocycles. The standard InChI is InChI=1S/C16H33N3/c1-17-9-7-13-19(14-8-10-17)16-15-18-11-5-3-2-4-6-12-18/h2-16H2,1H3. The summed E-state index contributed by atoms with van der Waals surface area (Å²) in [5.74, 6) is 0. The molecule has 2 aliphatic heterocycles. The lowest BCUT2D eigenvalue weighted by atomic mass is 10.1. The van der Waals surface area contributed by atoms with E-state index in [0.717, 1.165) is 0 Å². The van der Waals surface area contributed by atoms with Gasteiger partial charge >= 0.3 is 0 Å². The molecule has 2 heterocycles. The average Bonchev–Trinajstić information content (AvgIpc) is 2.33. The highest BCUT2D eigenvalue weighted by Crippen LogP contribution is 2.10. The molecule has 2 aliphatic rings. The van der Waals surface area contributed by atoms with E-state index in [9.17, 15) is 0 Å². The van der Waals surface area contributed by atoms with Crippen molar-refractivity contribution >= 4 is 0 Å². The first kappa shape index (κ1) is 15.3. The maximum atomic E-state index is 2.71. The second-order valence-corrected chi connectivity index (χ2v) is 6.46. The largest absolute Gasteiger partial charge is 0.306 e. The number of nitrogens with zero attached hydrogens (tertiary/aromatic N) is 3. The molecule has 19 heavy (non-hydrogen) atoms. The predicted octanol–water partition coefficient (Wildman–Crippen LogP) is 2.28. The highest BCUT2D eigenvalue weighted by molar-refractivity contribution is 4.69. The number of likely N-dealkylation sites (tertiary alicyclic amines) is 1. The fraction of sp³-hybridized carbons (Fsp3) is 1.00. The smallest absolute Gasteiger partial charge is 0.0109 e. The molecule has 0 aromatic carbocycles. The zero-order valence-corrected chi connectivity index (χ0v) is 12.9. The summed E-state index contributed by atoms with van der Waals surface area (Å²) in [6.07, 6.45) is 9.90. The first-order valence-corrected chi connectivity index (χ1v) is 8.48. The lowest BCUT2D eigenvalue weighted by Crippen LogP contribution is -2.40. The number of hydrogen-bond donors (Lipinski definition) is 0. The molecule has 0 aromatic heterocycles. The molecule has 112 valence electrons. The van der Waals surface area contributed by atoms with Crippen LogP contribution >= 0.6 is 0 Å². The Morgan fingerprint density at radius 2 is 0.947 bits per heavy atom. The van der Waals surface area contributed by atoms with E-state index in [2.05, 4.69) is 21.7 Å². The van der Waals surface area contributed by atoms with Gasteiger partial charge in [0.2, 0.25) is 0 Å². The Morgan fingerprint density at radius 1 is 0.526 bits per heavy atom. The predicted molar refractivity (Wildman–Crippen MR) is 82.7 cm³/mol. The molecule has 0 bridgehead atoms. The van der Waals surface area contributed by atoms with Gasteiger partial charge in [-0.15, -0.1) is 0 Å². The van der Waals surface area contributed by atoms with E-state index in [4.69, 9.17) is 0 Å². The van der Waals surface area contributed by atoms with E-state index in [1.807, 2.05) is 0 Å². The highest BCUT2D eigenvalue weighted by Gasteiger charge is 2.13. The summed E-state index contributed by atoms with van der Waals surface area (Å²) >= 11 is 0. The van der Waals surface area contributed by atoms with Crippen molar-refractivity contribution in [1.29, 1.82) is 0 Å². The first-order valence-electron chi connectivity index (χ1n) is 8.48. The van der Waals surface area contributed by atoms with E-state index in [1.54, 1.807) is 0 Å². The minimum atomic E-state index is 1.28. The molecule has 0 amide bonds. The maximum Gasteiger partial charge on any atom is 0.0109 e. The summed E-state index contributed by atoms with van der Waals surface area (Å²) < 4.78 is 0. The summed E-state index contributed by atoms with van der Waals surface area (Å²) in [7, 11) is 2.26. The molecular formula is C16H33N3. The van der Waals surface area contributed by atoms with Gasteiger partial charge in [-0.05, 0) is 72.0 Å². The SMILES string of the molecule is CN1CCCN(CCN2CCCCCCC2)CCC1. The third-order valence-electron chi connectivity index (χ3n) is 4.71. The minimum Gasteiger partial charge on any atom is -0.306 e. The molecule has 0 N–H and O–H groups in total. The lowest BCUT2D eigenvalue weighted by Gasteiger charge is -2.31. The van der Waals surface area contributed by atoms with Crippen LogP contribution in [0.4, 0.5) is 0 Å². The maximum absolute atomic E-state index is 2.71. The Labute approximate surface area is 119 Å². The Bertz CT molecular complexity index is 214. The summed E-state index contributed by atoms with van der Waals surface area (Å²) in [6.45, 7) is 10.4. The van der Waals surface area contributed by atoms with Crippen LogP contribution in [0.15, 0.2) is 0 Å². The van der Waals surface area contributed by atoms with E-state index in [1.165, 1.54) is 97.3 Å². The normalized spacial score (nSPS) is 26.4. The van der Waals surface area contributed by atoms with Crippen molar-refractivity contribution in [3.05, 3.63) is 0 Å². The van der Waals surface area contributed by atoms with Crippen LogP contribution in [0.5, 0.6) is 0 Å². The van der Waals surface area contributed by atoms with Gasteiger partial charge in [-0.25, -0.2) is 0 Å². The molecule has 0 saturated carbocycles. The van der Waals surface area contributed by atoms with Crippen LogP contribution in [-0.2, 0) is 0 Å². The second kappa shape index (κ2) is 8.93. The minimum absolute atomic E-state index is 1.28. The second-order valence-electron chi connectivity index (χ2n) is 6.46. The average molecular weight is 267 g/mol. The topological polar surface area (TPSA) is 9.72 Å². The van der Waals surface area contributed by atoms with Gasteiger partial charge in [-0.1, -0.05) is 19.3 Å². The van der Waals surface area contributed by atoms with Crippen molar-refractivity contribution in [3.8, 4) is 0 Å². The van der Waals surface area contributed by atoms with Crippen LogP contribution < -0.4 is 0 Å². The van der Waals surface area contributed by atoms with Gasteiger partial charge in [0.15, 0.2) is 0 Å². The van der Waals surface area contributed by atoms with Gasteiger partial charge in [0.05, 0.1) is 0 Å². The van der Waals surface area contributed by atoms with Crippen LogP contribution in [0.25, 0.3) is 0 Å². The van der Waals surface area contributed by atoms with Gasteiger partial charge in [0.1, 0.15) is 0 Å². The molecule has 0 aliphatic carbocycles. The molecule has 2 rings (SSSR count). The Morgan fingerprint density at radius 3 is 1.47 bits per heavy atom. The first-order chi connectivity index (χ1) is 9.34. The molecule has 3 heteroatoms. The van der Waals surface area contributed by atoms with Crippen LogP contribution in [0.2, 0.25) is 0 Å². The van der Waals surface area contributed by atoms with Crippen molar-refractivity contribution in [1.82, 2.24) is 14.7 Å². The molecule has 0 unspecified atom stereocenters.